The van der Waals surface area contributed by atoms with E-state index in [1.165, 1.54) is 0 Å². The molecule has 0 aromatic heterocycles. The van der Waals surface area contributed by atoms with Crippen LogP contribution in [0.2, 0.25) is 0 Å². The summed E-state index contributed by atoms with van der Waals surface area (Å²) in [5.41, 5.74) is 0.995. The van der Waals surface area contributed by atoms with Crippen molar-refractivity contribution >= 4 is 20.2 Å². The molecular formula is C24H43N3O5S2. The van der Waals surface area contributed by atoms with E-state index in [0.717, 1.165) is 24.0 Å². The second-order valence-electron chi connectivity index (χ2n) is 10.4. The number of aliphatic hydroxyl groups is 1. The first-order valence-electron chi connectivity index (χ1n) is 12.3. The number of benzene rings is 1. The Morgan fingerprint density at radius 2 is 1.50 bits per heavy atom. The van der Waals surface area contributed by atoms with Gasteiger partial charge in [-0.1, -0.05) is 45.0 Å². The van der Waals surface area contributed by atoms with Crippen LogP contribution in [-0.4, -0.2) is 46.8 Å². The van der Waals surface area contributed by atoms with Crippen LogP contribution in [0.25, 0.3) is 0 Å². The summed E-state index contributed by atoms with van der Waals surface area (Å²) in [6.45, 7) is 10.4. The van der Waals surface area contributed by atoms with Gasteiger partial charge in [0.25, 0.3) is 10.2 Å². The van der Waals surface area contributed by atoms with Gasteiger partial charge in [0.15, 0.2) is 0 Å². The van der Waals surface area contributed by atoms with E-state index in [1.807, 2.05) is 38.1 Å². The van der Waals surface area contributed by atoms with Gasteiger partial charge >= 0.3 is 0 Å². The summed E-state index contributed by atoms with van der Waals surface area (Å²) in [7, 11) is -6.75. The van der Waals surface area contributed by atoms with E-state index in [-0.39, 0.29) is 11.8 Å². The molecule has 2 rings (SSSR count). The molecule has 1 atom stereocenters. The molecule has 0 radical (unpaired) electrons. The molecule has 0 amide bonds. The Morgan fingerprint density at radius 1 is 0.912 bits per heavy atom. The minimum atomic E-state index is -3.49. The van der Waals surface area contributed by atoms with Gasteiger partial charge in [-0.3, -0.25) is 0 Å². The molecule has 34 heavy (non-hydrogen) atoms. The van der Waals surface area contributed by atoms with Crippen molar-refractivity contribution in [2.45, 2.75) is 77.6 Å². The highest BCUT2D eigenvalue weighted by Gasteiger charge is 2.36. The lowest BCUT2D eigenvalue weighted by Gasteiger charge is -2.38. The summed E-state index contributed by atoms with van der Waals surface area (Å²) in [5.74, 6) is 0.817. The van der Waals surface area contributed by atoms with Crippen LogP contribution in [0.5, 0.6) is 0 Å². The van der Waals surface area contributed by atoms with Crippen molar-refractivity contribution in [1.29, 1.82) is 0 Å². The van der Waals surface area contributed by atoms with Crippen LogP contribution in [0.4, 0.5) is 0 Å². The van der Waals surface area contributed by atoms with Gasteiger partial charge in [-0.25, -0.2) is 22.6 Å². The summed E-state index contributed by atoms with van der Waals surface area (Å²) in [6, 6.07) is 7.75. The van der Waals surface area contributed by atoms with E-state index in [4.69, 9.17) is 0 Å². The van der Waals surface area contributed by atoms with E-state index in [1.54, 1.807) is 13.8 Å². The maximum atomic E-state index is 12.0. The molecule has 1 fully saturated rings. The second-order valence-corrected chi connectivity index (χ2v) is 14.3. The first-order chi connectivity index (χ1) is 15.7. The molecule has 1 aliphatic carbocycles. The number of nitrogens with one attached hydrogen (secondary N) is 3. The predicted molar refractivity (Wildman–Crippen MR) is 137 cm³/mol. The lowest BCUT2D eigenvalue weighted by molar-refractivity contribution is -0.0207. The van der Waals surface area contributed by atoms with Gasteiger partial charge < -0.3 is 5.11 Å². The molecule has 0 spiro atoms. The van der Waals surface area contributed by atoms with E-state index >= 15 is 0 Å². The molecule has 0 heterocycles. The molecule has 1 saturated carbocycles. The van der Waals surface area contributed by atoms with Crippen molar-refractivity contribution in [3.05, 3.63) is 35.4 Å². The minimum absolute atomic E-state index is 0.208. The normalized spacial score (nSPS) is 22.9. The third-order valence-electron chi connectivity index (χ3n) is 6.77. The topological polar surface area (TPSA) is 125 Å². The predicted octanol–water partition coefficient (Wildman–Crippen LogP) is 2.65. The average molecular weight is 518 g/mol. The number of sulfonamides is 1. The molecular weight excluding hydrogens is 474 g/mol. The molecule has 196 valence electrons. The van der Waals surface area contributed by atoms with Crippen molar-refractivity contribution in [2.24, 2.45) is 17.8 Å². The average Bonchev–Trinajstić information content (AvgIpc) is 2.77. The Balaban J connectivity index is 1.83. The summed E-state index contributed by atoms with van der Waals surface area (Å²) >= 11 is 0. The molecule has 1 unspecified atom stereocenters. The Bertz CT molecular complexity index is 968. The lowest BCUT2D eigenvalue weighted by Crippen LogP contribution is -2.39. The largest absolute Gasteiger partial charge is 0.385 e. The highest BCUT2D eigenvalue weighted by molar-refractivity contribution is 7.90. The molecule has 1 aliphatic rings. The monoisotopic (exact) mass is 517 g/mol. The van der Waals surface area contributed by atoms with Crippen LogP contribution < -0.4 is 14.2 Å². The summed E-state index contributed by atoms with van der Waals surface area (Å²) in [5, 5.41) is 10.8. The maximum Gasteiger partial charge on any atom is 0.276 e. The Hall–Kier alpha value is -1.04. The van der Waals surface area contributed by atoms with E-state index in [2.05, 4.69) is 21.1 Å². The van der Waals surface area contributed by atoms with Gasteiger partial charge in [0.05, 0.1) is 10.9 Å². The Morgan fingerprint density at radius 3 is 2.03 bits per heavy atom. The van der Waals surface area contributed by atoms with Crippen molar-refractivity contribution in [2.75, 3.05) is 19.6 Å². The van der Waals surface area contributed by atoms with Gasteiger partial charge in [0.1, 0.15) is 0 Å². The zero-order valence-corrected chi connectivity index (χ0v) is 22.8. The highest BCUT2D eigenvalue weighted by Crippen LogP contribution is 2.41. The van der Waals surface area contributed by atoms with Gasteiger partial charge in [-0.15, -0.1) is 0 Å². The molecule has 0 saturated heterocycles. The van der Waals surface area contributed by atoms with E-state index in [9.17, 15) is 21.9 Å². The van der Waals surface area contributed by atoms with Crippen LogP contribution in [0.3, 0.4) is 0 Å². The zero-order chi connectivity index (χ0) is 25.6. The quantitative estimate of drug-likeness (QED) is 0.320. The van der Waals surface area contributed by atoms with Gasteiger partial charge in [-0.05, 0) is 74.8 Å². The zero-order valence-electron chi connectivity index (χ0n) is 21.2. The fourth-order valence-corrected chi connectivity index (χ4v) is 6.05. The molecule has 4 N–H and O–H groups in total. The molecule has 0 bridgehead atoms. The van der Waals surface area contributed by atoms with Gasteiger partial charge in [0.2, 0.25) is 10.0 Å². The van der Waals surface area contributed by atoms with Crippen LogP contribution >= 0.6 is 0 Å². The summed E-state index contributed by atoms with van der Waals surface area (Å²) in [4.78, 5) is 0. The van der Waals surface area contributed by atoms with E-state index < -0.39 is 31.1 Å². The first-order valence-corrected chi connectivity index (χ1v) is 15.3. The minimum Gasteiger partial charge on any atom is -0.385 e. The Kier molecular flexibility index (Phi) is 10.5. The number of hydrogen-bond donors (Lipinski definition) is 4. The molecule has 0 aliphatic heterocycles. The third-order valence-corrected chi connectivity index (χ3v) is 9.71. The smallest absolute Gasteiger partial charge is 0.276 e. The lowest BCUT2D eigenvalue weighted by atomic mass is 9.71. The molecule has 8 nitrogen and oxygen atoms in total. The Labute approximate surface area is 206 Å². The van der Waals surface area contributed by atoms with Crippen LogP contribution in [-0.2, 0) is 32.3 Å². The number of hydrogen-bond acceptors (Lipinski definition) is 5. The standard InChI is InChI=1S/C24H43N3O5S2/c1-18(2)16-27-34(31,32)25-15-12-21-6-8-23(9-7-21)24(28)13-10-22(11-14-24)20(5)17-26-33(29,30)19(3)4/h6-9,18-20,22,25-28H,10-17H2,1-5H3. The number of rotatable bonds is 13. The first kappa shape index (κ1) is 29.2. The van der Waals surface area contributed by atoms with Gasteiger partial charge in [0, 0.05) is 19.6 Å². The highest BCUT2D eigenvalue weighted by atomic mass is 32.2. The van der Waals surface area contributed by atoms with Crippen molar-refractivity contribution in [3.63, 3.8) is 0 Å². The van der Waals surface area contributed by atoms with Crippen LogP contribution in [0.1, 0.15) is 71.4 Å². The molecule has 1 aromatic carbocycles. The van der Waals surface area contributed by atoms with Crippen molar-refractivity contribution in [3.8, 4) is 0 Å². The fourth-order valence-electron chi connectivity index (χ4n) is 4.20. The van der Waals surface area contributed by atoms with Crippen LogP contribution in [0, 0.1) is 17.8 Å². The molecule has 10 heteroatoms. The van der Waals surface area contributed by atoms with Crippen molar-refractivity contribution in [1.82, 2.24) is 14.2 Å². The van der Waals surface area contributed by atoms with Gasteiger partial charge in [-0.2, -0.15) is 8.42 Å². The van der Waals surface area contributed by atoms with E-state index in [0.29, 0.717) is 44.8 Å². The maximum absolute atomic E-state index is 12.0. The van der Waals surface area contributed by atoms with Crippen molar-refractivity contribution < 1.29 is 21.9 Å². The SMILES string of the molecule is CC(C)CNS(=O)(=O)NCCc1ccc(C2(O)CCC(C(C)CNS(=O)(=O)C(C)C)CC2)cc1. The second kappa shape index (κ2) is 12.3. The summed E-state index contributed by atoms with van der Waals surface area (Å²) < 4.78 is 55.7. The molecule has 1 aromatic rings. The fraction of sp³-hybridized carbons (Fsp3) is 0.750. The third kappa shape index (κ3) is 8.87. The summed E-state index contributed by atoms with van der Waals surface area (Å²) in [6.07, 6.45) is 3.52. The van der Waals surface area contributed by atoms with Crippen LogP contribution in [0.15, 0.2) is 24.3 Å².